The van der Waals surface area contributed by atoms with Crippen molar-refractivity contribution < 1.29 is 13.2 Å². The van der Waals surface area contributed by atoms with Gasteiger partial charge < -0.3 is 4.90 Å². The Hall–Kier alpha value is -0.530. The molecule has 2 rings (SSSR count). The van der Waals surface area contributed by atoms with E-state index in [0.29, 0.717) is 17.2 Å². The summed E-state index contributed by atoms with van der Waals surface area (Å²) in [5.41, 5.74) is 1.00. The molecule has 1 fully saturated rings. The molecule has 1 aromatic heterocycles. The monoisotopic (exact) mass is 319 g/mol. The second-order valence-electron chi connectivity index (χ2n) is 4.49. The second-order valence-corrected chi connectivity index (χ2v) is 8.76. The number of thiophene rings is 1. The molecule has 1 aromatic rings. The highest BCUT2D eigenvalue weighted by Crippen LogP contribution is 2.26. The Balaban J connectivity index is 2.31. The van der Waals surface area contributed by atoms with Gasteiger partial charge in [-0.15, -0.1) is 11.3 Å². The fraction of sp³-hybridized carbons (Fsp3) is 0.583. The van der Waals surface area contributed by atoms with Gasteiger partial charge in [-0.2, -0.15) is 11.8 Å². The van der Waals surface area contributed by atoms with Gasteiger partial charge in [0.2, 0.25) is 0 Å². The third-order valence-corrected chi connectivity index (χ3v) is 6.75. The first kappa shape index (κ1) is 14.9. The van der Waals surface area contributed by atoms with Crippen molar-refractivity contribution in [2.45, 2.75) is 18.7 Å². The zero-order valence-corrected chi connectivity index (χ0v) is 13.4. The number of thioether (sulfide) groups is 1. The van der Waals surface area contributed by atoms with Gasteiger partial charge in [0.25, 0.3) is 5.91 Å². The number of sulfone groups is 1. The van der Waals surface area contributed by atoms with Crippen LogP contribution in [0, 0.1) is 0 Å². The zero-order chi connectivity index (χ0) is 14.0. The van der Waals surface area contributed by atoms with Crippen LogP contribution in [0.5, 0.6) is 0 Å². The lowest BCUT2D eigenvalue weighted by Crippen LogP contribution is -2.49. The van der Waals surface area contributed by atoms with E-state index in [-0.39, 0.29) is 5.91 Å². The topological polar surface area (TPSA) is 54.5 Å². The number of hydrogen-bond donors (Lipinski definition) is 0. The summed E-state index contributed by atoms with van der Waals surface area (Å²) in [4.78, 5) is 14.8. The lowest BCUT2D eigenvalue weighted by Gasteiger charge is -2.34. The van der Waals surface area contributed by atoms with Crippen LogP contribution in [0.4, 0.5) is 0 Å². The predicted octanol–water partition coefficient (Wildman–Crippen LogP) is 1.87. The Kier molecular flexibility index (Phi) is 4.58. The maximum Gasteiger partial charge on any atom is 0.265 e. The highest BCUT2D eigenvalue weighted by molar-refractivity contribution is 8.00. The Bertz CT molecular complexity index is 565. The summed E-state index contributed by atoms with van der Waals surface area (Å²) in [6, 6.07) is 1.94. The average Bonchev–Trinajstić information content (AvgIpc) is 2.85. The summed E-state index contributed by atoms with van der Waals surface area (Å²) in [5, 5.41) is 1.20. The van der Waals surface area contributed by atoms with Gasteiger partial charge >= 0.3 is 0 Å². The quantitative estimate of drug-likeness (QED) is 0.853. The number of aryl methyl sites for hydroxylation is 1. The third-order valence-electron chi connectivity index (χ3n) is 3.16. The van der Waals surface area contributed by atoms with Gasteiger partial charge in [0.1, 0.15) is 5.37 Å². The van der Waals surface area contributed by atoms with E-state index in [4.69, 9.17) is 0 Å². The Morgan fingerprint density at radius 3 is 2.89 bits per heavy atom. The van der Waals surface area contributed by atoms with Gasteiger partial charge in [-0.25, -0.2) is 8.42 Å². The minimum Gasteiger partial charge on any atom is -0.319 e. The molecule has 4 nitrogen and oxygen atoms in total. The molecular formula is C12H17NO3S3. The van der Waals surface area contributed by atoms with E-state index in [1.165, 1.54) is 22.5 Å². The van der Waals surface area contributed by atoms with Crippen molar-refractivity contribution in [2.75, 3.05) is 24.3 Å². The molecule has 1 unspecified atom stereocenters. The number of carbonyl (C=O) groups is 1. The number of rotatable bonds is 3. The molecule has 0 radical (unpaired) electrons. The first-order valence-electron chi connectivity index (χ1n) is 6.09. The number of hydrogen-bond acceptors (Lipinski definition) is 5. The van der Waals surface area contributed by atoms with Crippen LogP contribution in [-0.4, -0.2) is 48.9 Å². The predicted molar refractivity (Wildman–Crippen MR) is 80.7 cm³/mol. The van der Waals surface area contributed by atoms with Gasteiger partial charge in [-0.1, -0.05) is 6.92 Å². The van der Waals surface area contributed by atoms with Crippen LogP contribution in [0.1, 0.15) is 22.2 Å². The first-order valence-corrected chi connectivity index (χ1v) is 10.1. The van der Waals surface area contributed by atoms with Crippen LogP contribution in [0.2, 0.25) is 0 Å². The minimum absolute atomic E-state index is 0.137. The molecule has 0 bridgehead atoms. The van der Waals surface area contributed by atoms with Crippen molar-refractivity contribution in [3.8, 4) is 0 Å². The minimum atomic E-state index is -3.24. The Morgan fingerprint density at radius 1 is 1.53 bits per heavy atom. The van der Waals surface area contributed by atoms with E-state index in [2.05, 4.69) is 0 Å². The van der Waals surface area contributed by atoms with Crippen molar-refractivity contribution >= 4 is 38.8 Å². The van der Waals surface area contributed by atoms with Gasteiger partial charge in [0.15, 0.2) is 9.84 Å². The van der Waals surface area contributed by atoms with E-state index >= 15 is 0 Å². The van der Waals surface area contributed by atoms with Crippen LogP contribution in [0.3, 0.4) is 0 Å². The summed E-state index contributed by atoms with van der Waals surface area (Å²) in [6.07, 6.45) is 2.00. The first-order chi connectivity index (χ1) is 8.95. The van der Waals surface area contributed by atoms with Gasteiger partial charge in [-0.3, -0.25) is 4.79 Å². The maximum atomic E-state index is 12.6. The molecule has 2 heterocycles. The Labute approximate surface area is 122 Å². The van der Waals surface area contributed by atoms with Crippen LogP contribution < -0.4 is 0 Å². The van der Waals surface area contributed by atoms with Gasteiger partial charge in [0.05, 0.1) is 4.88 Å². The standard InChI is InChI=1S/C12H17NO3S3/c1-3-9-4-6-18-11(9)12(14)13-5-7-17-8-10(13)19(2,15)16/h4,6,10H,3,5,7-8H2,1-2H3. The SMILES string of the molecule is CCc1ccsc1C(=O)N1CCSCC1S(C)(=O)=O. The van der Waals surface area contributed by atoms with Crippen molar-refractivity contribution in [3.63, 3.8) is 0 Å². The number of nitrogens with zero attached hydrogens (tertiary/aromatic N) is 1. The van der Waals surface area contributed by atoms with Crippen LogP contribution in [0.25, 0.3) is 0 Å². The molecule has 19 heavy (non-hydrogen) atoms. The average molecular weight is 319 g/mol. The van der Waals surface area contributed by atoms with Crippen LogP contribution in [0.15, 0.2) is 11.4 Å². The molecule has 1 aliphatic rings. The lowest BCUT2D eigenvalue weighted by molar-refractivity contribution is 0.0753. The molecule has 7 heteroatoms. The largest absolute Gasteiger partial charge is 0.319 e. The molecule has 1 atom stereocenters. The highest BCUT2D eigenvalue weighted by atomic mass is 32.2. The summed E-state index contributed by atoms with van der Waals surface area (Å²) in [5.74, 6) is 1.13. The summed E-state index contributed by atoms with van der Waals surface area (Å²) in [6.45, 7) is 2.50. The van der Waals surface area contributed by atoms with Gasteiger partial charge in [0, 0.05) is 24.3 Å². The zero-order valence-electron chi connectivity index (χ0n) is 11.0. The maximum absolute atomic E-state index is 12.6. The molecule has 106 valence electrons. The van der Waals surface area contributed by atoms with E-state index < -0.39 is 15.2 Å². The van der Waals surface area contributed by atoms with Crippen LogP contribution in [-0.2, 0) is 16.3 Å². The third kappa shape index (κ3) is 3.14. The van der Waals surface area contributed by atoms with Gasteiger partial charge in [-0.05, 0) is 23.4 Å². The Morgan fingerprint density at radius 2 is 2.26 bits per heavy atom. The molecule has 0 spiro atoms. The second kappa shape index (κ2) is 5.85. The molecule has 0 aromatic carbocycles. The van der Waals surface area contributed by atoms with E-state index in [1.807, 2.05) is 18.4 Å². The normalized spacial score (nSPS) is 20.5. The molecule has 0 saturated carbocycles. The van der Waals surface area contributed by atoms with Crippen molar-refractivity contribution in [1.29, 1.82) is 0 Å². The summed E-state index contributed by atoms with van der Waals surface area (Å²) < 4.78 is 23.6. The molecule has 1 aliphatic heterocycles. The van der Waals surface area contributed by atoms with E-state index in [1.54, 1.807) is 11.8 Å². The highest BCUT2D eigenvalue weighted by Gasteiger charge is 2.35. The van der Waals surface area contributed by atoms with E-state index in [0.717, 1.165) is 17.7 Å². The van der Waals surface area contributed by atoms with Crippen molar-refractivity contribution in [3.05, 3.63) is 21.9 Å². The lowest BCUT2D eigenvalue weighted by atomic mass is 10.2. The molecule has 0 N–H and O–H groups in total. The van der Waals surface area contributed by atoms with Crippen molar-refractivity contribution in [2.24, 2.45) is 0 Å². The molecule has 0 aliphatic carbocycles. The van der Waals surface area contributed by atoms with Crippen LogP contribution >= 0.6 is 23.1 Å². The smallest absolute Gasteiger partial charge is 0.265 e. The number of amides is 1. The number of carbonyl (C=O) groups excluding carboxylic acids is 1. The summed E-state index contributed by atoms with van der Waals surface area (Å²) in [7, 11) is -3.24. The summed E-state index contributed by atoms with van der Waals surface area (Å²) >= 11 is 2.98. The van der Waals surface area contributed by atoms with Crippen molar-refractivity contribution in [1.82, 2.24) is 4.90 Å². The fourth-order valence-electron chi connectivity index (χ4n) is 2.10. The molecule has 1 saturated heterocycles. The molecular weight excluding hydrogens is 302 g/mol. The van der Waals surface area contributed by atoms with E-state index in [9.17, 15) is 13.2 Å². The molecule has 1 amide bonds. The fourth-order valence-corrected chi connectivity index (χ4v) is 5.87.